The number of amides is 1. The SMILES string of the molecule is CC1CC(C(=O)NCCC2=CCNCC2)CO1. The topological polar surface area (TPSA) is 50.4 Å². The molecule has 0 aromatic carbocycles. The normalized spacial score (nSPS) is 28.9. The molecule has 0 aromatic rings. The highest BCUT2D eigenvalue weighted by atomic mass is 16.5. The Morgan fingerprint density at radius 3 is 3.18 bits per heavy atom. The molecule has 2 N–H and O–H groups in total. The van der Waals surface area contributed by atoms with Gasteiger partial charge in [-0.25, -0.2) is 0 Å². The molecule has 2 unspecified atom stereocenters. The van der Waals surface area contributed by atoms with E-state index in [1.165, 1.54) is 5.57 Å². The summed E-state index contributed by atoms with van der Waals surface area (Å²) in [5, 5.41) is 6.30. The van der Waals surface area contributed by atoms with Crippen LogP contribution in [0.5, 0.6) is 0 Å². The van der Waals surface area contributed by atoms with Crippen LogP contribution in [0.1, 0.15) is 26.2 Å². The van der Waals surface area contributed by atoms with Crippen LogP contribution < -0.4 is 10.6 Å². The molecule has 2 aliphatic heterocycles. The van der Waals surface area contributed by atoms with Crippen LogP contribution >= 0.6 is 0 Å². The number of ether oxygens (including phenoxy) is 1. The summed E-state index contributed by atoms with van der Waals surface area (Å²) >= 11 is 0. The third-order valence-corrected chi connectivity index (χ3v) is 3.47. The standard InChI is InChI=1S/C13H22N2O2/c1-10-8-12(9-17-10)13(16)15-7-4-11-2-5-14-6-3-11/h2,10,12,14H,3-9H2,1H3,(H,15,16). The maximum atomic E-state index is 11.8. The van der Waals surface area contributed by atoms with E-state index in [4.69, 9.17) is 4.74 Å². The Labute approximate surface area is 103 Å². The zero-order valence-electron chi connectivity index (χ0n) is 10.5. The van der Waals surface area contributed by atoms with E-state index in [2.05, 4.69) is 16.7 Å². The van der Waals surface area contributed by atoms with Crippen LogP contribution in [0.15, 0.2) is 11.6 Å². The molecule has 0 radical (unpaired) electrons. The van der Waals surface area contributed by atoms with Crippen molar-refractivity contribution in [3.63, 3.8) is 0 Å². The predicted molar refractivity (Wildman–Crippen MR) is 66.7 cm³/mol. The van der Waals surface area contributed by atoms with Gasteiger partial charge in [0.2, 0.25) is 5.91 Å². The lowest BCUT2D eigenvalue weighted by molar-refractivity contribution is -0.124. The summed E-state index contributed by atoms with van der Waals surface area (Å²) in [5.74, 6) is 0.218. The summed E-state index contributed by atoms with van der Waals surface area (Å²) in [6, 6.07) is 0. The molecule has 2 rings (SSSR count). The molecule has 0 aliphatic carbocycles. The maximum absolute atomic E-state index is 11.8. The van der Waals surface area contributed by atoms with E-state index in [1.54, 1.807) is 0 Å². The van der Waals surface area contributed by atoms with Gasteiger partial charge in [-0.3, -0.25) is 4.79 Å². The molecule has 1 fully saturated rings. The first kappa shape index (κ1) is 12.6. The molecule has 96 valence electrons. The highest BCUT2D eigenvalue weighted by Crippen LogP contribution is 2.19. The van der Waals surface area contributed by atoms with Crippen molar-refractivity contribution in [3.05, 3.63) is 11.6 Å². The van der Waals surface area contributed by atoms with Crippen molar-refractivity contribution < 1.29 is 9.53 Å². The molecule has 0 aromatic heterocycles. The second kappa shape index (κ2) is 6.17. The summed E-state index contributed by atoms with van der Waals surface area (Å²) < 4.78 is 5.40. The summed E-state index contributed by atoms with van der Waals surface area (Å²) in [5.41, 5.74) is 1.46. The van der Waals surface area contributed by atoms with Crippen molar-refractivity contribution in [2.24, 2.45) is 5.92 Å². The fraction of sp³-hybridized carbons (Fsp3) is 0.769. The van der Waals surface area contributed by atoms with Gasteiger partial charge in [-0.15, -0.1) is 0 Å². The van der Waals surface area contributed by atoms with Crippen LogP contribution in [0.25, 0.3) is 0 Å². The molecule has 2 heterocycles. The van der Waals surface area contributed by atoms with Crippen LogP contribution in [0.2, 0.25) is 0 Å². The Hall–Kier alpha value is -0.870. The second-order valence-electron chi connectivity index (χ2n) is 4.93. The molecular weight excluding hydrogens is 216 g/mol. The van der Waals surface area contributed by atoms with E-state index in [0.29, 0.717) is 6.61 Å². The molecule has 2 atom stereocenters. The Balaban J connectivity index is 1.64. The van der Waals surface area contributed by atoms with E-state index in [-0.39, 0.29) is 17.9 Å². The summed E-state index contributed by atoms with van der Waals surface area (Å²) in [6.07, 6.45) is 5.42. The monoisotopic (exact) mass is 238 g/mol. The maximum Gasteiger partial charge on any atom is 0.225 e. The first-order valence-electron chi connectivity index (χ1n) is 6.53. The summed E-state index contributed by atoms with van der Waals surface area (Å²) in [4.78, 5) is 11.8. The van der Waals surface area contributed by atoms with Gasteiger partial charge >= 0.3 is 0 Å². The number of carbonyl (C=O) groups excluding carboxylic acids is 1. The average Bonchev–Trinajstić information content (AvgIpc) is 2.77. The minimum atomic E-state index is 0.0620. The van der Waals surface area contributed by atoms with Crippen molar-refractivity contribution in [2.75, 3.05) is 26.2 Å². The number of carbonyl (C=O) groups is 1. The quantitative estimate of drug-likeness (QED) is 0.714. The van der Waals surface area contributed by atoms with Crippen molar-refractivity contribution in [1.82, 2.24) is 10.6 Å². The number of hydrogen-bond donors (Lipinski definition) is 2. The van der Waals surface area contributed by atoms with Crippen LogP contribution in [0.3, 0.4) is 0 Å². The van der Waals surface area contributed by atoms with Gasteiger partial charge < -0.3 is 15.4 Å². The Bertz CT molecular complexity index is 302. The van der Waals surface area contributed by atoms with Gasteiger partial charge in [0.1, 0.15) is 0 Å². The van der Waals surface area contributed by atoms with Crippen molar-refractivity contribution in [3.8, 4) is 0 Å². The first-order valence-corrected chi connectivity index (χ1v) is 6.53. The third kappa shape index (κ3) is 3.82. The predicted octanol–water partition coefficient (Wildman–Crippen LogP) is 0.837. The van der Waals surface area contributed by atoms with E-state index in [1.807, 2.05) is 6.92 Å². The molecule has 1 saturated heterocycles. The summed E-state index contributed by atoms with van der Waals surface area (Å²) in [6.45, 7) is 5.40. The van der Waals surface area contributed by atoms with Gasteiger partial charge in [-0.05, 0) is 32.7 Å². The number of rotatable bonds is 4. The molecule has 4 heteroatoms. The highest BCUT2D eigenvalue weighted by molar-refractivity contribution is 5.79. The highest BCUT2D eigenvalue weighted by Gasteiger charge is 2.27. The Morgan fingerprint density at radius 2 is 2.53 bits per heavy atom. The van der Waals surface area contributed by atoms with Gasteiger partial charge in [-0.1, -0.05) is 11.6 Å². The zero-order chi connectivity index (χ0) is 12.1. The zero-order valence-corrected chi connectivity index (χ0v) is 10.5. The number of nitrogens with one attached hydrogen (secondary N) is 2. The van der Waals surface area contributed by atoms with Crippen LogP contribution in [-0.4, -0.2) is 38.3 Å². The fourth-order valence-electron chi connectivity index (χ4n) is 2.39. The molecule has 0 saturated carbocycles. The van der Waals surface area contributed by atoms with Crippen LogP contribution in [0.4, 0.5) is 0 Å². The van der Waals surface area contributed by atoms with Crippen molar-refractivity contribution in [1.29, 1.82) is 0 Å². The van der Waals surface area contributed by atoms with Crippen molar-refractivity contribution >= 4 is 5.91 Å². The smallest absolute Gasteiger partial charge is 0.225 e. The Kier molecular flexibility index (Phi) is 4.57. The largest absolute Gasteiger partial charge is 0.378 e. The minimum Gasteiger partial charge on any atom is -0.378 e. The van der Waals surface area contributed by atoms with Gasteiger partial charge in [0.25, 0.3) is 0 Å². The van der Waals surface area contributed by atoms with E-state index >= 15 is 0 Å². The van der Waals surface area contributed by atoms with E-state index in [0.717, 1.165) is 38.9 Å². The van der Waals surface area contributed by atoms with Crippen LogP contribution in [-0.2, 0) is 9.53 Å². The molecule has 2 aliphatic rings. The molecular formula is C13H22N2O2. The van der Waals surface area contributed by atoms with E-state index < -0.39 is 0 Å². The van der Waals surface area contributed by atoms with Gasteiger partial charge in [-0.2, -0.15) is 0 Å². The molecule has 4 nitrogen and oxygen atoms in total. The first-order chi connectivity index (χ1) is 8.25. The molecule has 17 heavy (non-hydrogen) atoms. The fourth-order valence-corrected chi connectivity index (χ4v) is 2.39. The van der Waals surface area contributed by atoms with Crippen molar-refractivity contribution in [2.45, 2.75) is 32.3 Å². The lowest BCUT2D eigenvalue weighted by Gasteiger charge is -2.15. The Morgan fingerprint density at radius 1 is 1.65 bits per heavy atom. The van der Waals surface area contributed by atoms with E-state index in [9.17, 15) is 4.79 Å². The average molecular weight is 238 g/mol. The van der Waals surface area contributed by atoms with Gasteiger partial charge in [0.05, 0.1) is 18.6 Å². The lowest BCUT2D eigenvalue weighted by Crippen LogP contribution is -2.32. The van der Waals surface area contributed by atoms with Gasteiger partial charge in [0.15, 0.2) is 0 Å². The van der Waals surface area contributed by atoms with Crippen LogP contribution in [0, 0.1) is 5.92 Å². The minimum absolute atomic E-state index is 0.0620. The number of hydrogen-bond acceptors (Lipinski definition) is 3. The summed E-state index contributed by atoms with van der Waals surface area (Å²) in [7, 11) is 0. The molecule has 1 amide bonds. The molecule has 0 spiro atoms. The van der Waals surface area contributed by atoms with Gasteiger partial charge in [0, 0.05) is 13.1 Å². The third-order valence-electron chi connectivity index (χ3n) is 3.47. The molecule has 0 bridgehead atoms. The second-order valence-corrected chi connectivity index (χ2v) is 4.93. The lowest BCUT2D eigenvalue weighted by atomic mass is 10.0.